The van der Waals surface area contributed by atoms with Crippen LogP contribution in [0.4, 0.5) is 0 Å². The molecule has 1 amide bonds. The van der Waals surface area contributed by atoms with Gasteiger partial charge in [0.15, 0.2) is 0 Å². The van der Waals surface area contributed by atoms with Gasteiger partial charge >= 0.3 is 0 Å². The van der Waals surface area contributed by atoms with E-state index in [2.05, 4.69) is 4.98 Å². The maximum absolute atomic E-state index is 12.3. The molecule has 9 heteroatoms. The molecule has 0 saturated carbocycles. The van der Waals surface area contributed by atoms with Crippen molar-refractivity contribution in [1.82, 2.24) is 18.8 Å². The Morgan fingerprint density at radius 2 is 1.96 bits per heavy atom. The summed E-state index contributed by atoms with van der Waals surface area (Å²) in [5.74, 6) is 0.743. The van der Waals surface area contributed by atoms with Gasteiger partial charge in [-0.1, -0.05) is 0 Å². The van der Waals surface area contributed by atoms with Crippen molar-refractivity contribution >= 4 is 27.0 Å². The van der Waals surface area contributed by atoms with Gasteiger partial charge in [0.1, 0.15) is 5.82 Å². The molecule has 0 aliphatic carbocycles. The number of sulfonamides is 1. The Bertz CT molecular complexity index is 905. The van der Waals surface area contributed by atoms with Crippen LogP contribution in [0, 0.1) is 0 Å². The summed E-state index contributed by atoms with van der Waals surface area (Å²) < 4.78 is 27.6. The minimum atomic E-state index is -3.51. The Balaban J connectivity index is 2.25. The quantitative estimate of drug-likeness (QED) is 0.755. The summed E-state index contributed by atoms with van der Waals surface area (Å²) >= 11 is 0. The van der Waals surface area contributed by atoms with Gasteiger partial charge in [0.2, 0.25) is 15.9 Å². The van der Waals surface area contributed by atoms with Crippen LogP contribution in [0.15, 0.2) is 23.1 Å². The number of rotatable bonds is 7. The Morgan fingerprint density at radius 3 is 2.54 bits per heavy atom. The molecular formula is C17H27N5O3S. The Hall–Kier alpha value is -1.97. The Morgan fingerprint density at radius 1 is 1.31 bits per heavy atom. The fraction of sp³-hybridized carbons (Fsp3) is 0.529. The van der Waals surface area contributed by atoms with Gasteiger partial charge in [-0.2, -0.15) is 0 Å². The summed E-state index contributed by atoms with van der Waals surface area (Å²) in [6.45, 7) is 2.32. The maximum Gasteiger partial charge on any atom is 0.242 e. The van der Waals surface area contributed by atoms with E-state index >= 15 is 0 Å². The van der Waals surface area contributed by atoms with Gasteiger partial charge in [-0.15, -0.1) is 0 Å². The summed E-state index contributed by atoms with van der Waals surface area (Å²) in [4.78, 5) is 18.6. The monoisotopic (exact) mass is 381 g/mol. The van der Waals surface area contributed by atoms with Gasteiger partial charge in [-0.3, -0.25) is 4.79 Å². The lowest BCUT2D eigenvalue weighted by Gasteiger charge is -2.23. The predicted molar refractivity (Wildman–Crippen MR) is 101 cm³/mol. The lowest BCUT2D eigenvalue weighted by Crippen LogP contribution is -2.39. The number of aryl methyl sites for hydroxylation is 2. The first-order valence-corrected chi connectivity index (χ1v) is 9.87. The van der Waals surface area contributed by atoms with Gasteiger partial charge in [-0.05, 0) is 25.1 Å². The molecule has 1 unspecified atom stereocenters. The Labute approximate surface area is 154 Å². The van der Waals surface area contributed by atoms with Crippen molar-refractivity contribution in [1.29, 1.82) is 0 Å². The third-order valence-electron chi connectivity index (χ3n) is 4.68. The molecule has 144 valence electrons. The van der Waals surface area contributed by atoms with Crippen LogP contribution in [0.25, 0.3) is 11.0 Å². The summed E-state index contributed by atoms with van der Waals surface area (Å²) in [6.07, 6.45) is 0.794. The van der Waals surface area contributed by atoms with E-state index in [-0.39, 0.29) is 16.8 Å². The minimum Gasteiger partial charge on any atom is -0.342 e. The molecule has 0 aliphatic rings. The van der Waals surface area contributed by atoms with Gasteiger partial charge in [0.05, 0.1) is 15.9 Å². The van der Waals surface area contributed by atoms with E-state index in [0.29, 0.717) is 24.9 Å². The van der Waals surface area contributed by atoms with Crippen LogP contribution < -0.4 is 5.73 Å². The highest BCUT2D eigenvalue weighted by Gasteiger charge is 2.20. The standard InChI is InChI=1S/C17H27N5O3S/c1-12(11-18)21(4)17(23)9-8-16-19-14-10-13(26(24,25)20(2)3)6-7-15(14)22(16)5/h6-7,10,12H,8-9,11,18H2,1-5H3. The van der Waals surface area contributed by atoms with Crippen LogP contribution in [0.5, 0.6) is 0 Å². The molecular weight excluding hydrogens is 354 g/mol. The van der Waals surface area contributed by atoms with Crippen molar-refractivity contribution in [3.63, 3.8) is 0 Å². The topological polar surface area (TPSA) is 102 Å². The second-order valence-corrected chi connectivity index (χ2v) is 8.77. The number of imidazole rings is 1. The number of hydrogen-bond acceptors (Lipinski definition) is 5. The highest BCUT2D eigenvalue weighted by Crippen LogP contribution is 2.22. The number of likely N-dealkylation sites (N-methyl/N-ethyl adjacent to an activating group) is 1. The van der Waals surface area contributed by atoms with Crippen molar-refractivity contribution in [2.24, 2.45) is 12.8 Å². The first-order valence-electron chi connectivity index (χ1n) is 8.43. The smallest absolute Gasteiger partial charge is 0.242 e. The average molecular weight is 382 g/mol. The fourth-order valence-electron chi connectivity index (χ4n) is 2.62. The van der Waals surface area contributed by atoms with Crippen molar-refractivity contribution < 1.29 is 13.2 Å². The Kier molecular flexibility index (Phi) is 6.05. The first kappa shape index (κ1) is 20.3. The second kappa shape index (κ2) is 7.73. The largest absolute Gasteiger partial charge is 0.342 e. The highest BCUT2D eigenvalue weighted by molar-refractivity contribution is 7.89. The normalized spacial score (nSPS) is 13.3. The molecule has 1 aromatic carbocycles. The van der Waals surface area contributed by atoms with E-state index in [1.807, 2.05) is 18.5 Å². The number of carbonyl (C=O) groups excluding carboxylic acids is 1. The zero-order valence-electron chi connectivity index (χ0n) is 15.9. The van der Waals surface area contributed by atoms with Crippen molar-refractivity contribution in [3.05, 3.63) is 24.0 Å². The SMILES string of the molecule is CC(CN)N(C)C(=O)CCc1nc2cc(S(=O)(=O)N(C)C)ccc2n1C. The lowest BCUT2D eigenvalue weighted by molar-refractivity contribution is -0.131. The third-order valence-corrected chi connectivity index (χ3v) is 6.49. The molecule has 1 heterocycles. The molecule has 2 N–H and O–H groups in total. The summed E-state index contributed by atoms with van der Waals surface area (Å²) in [7, 11) is 3.08. The third kappa shape index (κ3) is 3.89. The average Bonchev–Trinajstić information content (AvgIpc) is 2.93. The molecule has 0 radical (unpaired) electrons. The molecule has 0 spiro atoms. The van der Waals surface area contributed by atoms with Crippen LogP contribution in [0.3, 0.4) is 0 Å². The fourth-order valence-corrected chi connectivity index (χ4v) is 3.55. The second-order valence-electron chi connectivity index (χ2n) is 6.61. The molecule has 0 saturated heterocycles. The highest BCUT2D eigenvalue weighted by atomic mass is 32.2. The predicted octanol–water partition coefficient (Wildman–Crippen LogP) is 0.562. The number of amides is 1. The number of carbonyl (C=O) groups is 1. The van der Waals surface area contributed by atoms with E-state index in [1.165, 1.54) is 18.4 Å². The van der Waals surface area contributed by atoms with Gasteiger partial charge in [-0.25, -0.2) is 17.7 Å². The van der Waals surface area contributed by atoms with Gasteiger partial charge in [0.25, 0.3) is 0 Å². The van der Waals surface area contributed by atoms with Gasteiger partial charge < -0.3 is 15.2 Å². The van der Waals surface area contributed by atoms with Crippen LogP contribution in [-0.2, 0) is 28.3 Å². The summed E-state index contributed by atoms with van der Waals surface area (Å²) in [5, 5.41) is 0. The van der Waals surface area contributed by atoms with Crippen LogP contribution in [0.1, 0.15) is 19.2 Å². The summed E-state index contributed by atoms with van der Waals surface area (Å²) in [5.41, 5.74) is 7.03. The molecule has 0 aliphatic heterocycles. The number of benzene rings is 1. The number of hydrogen-bond donors (Lipinski definition) is 1. The van der Waals surface area contributed by atoms with Crippen molar-refractivity contribution in [3.8, 4) is 0 Å². The van der Waals surface area contributed by atoms with E-state index in [9.17, 15) is 13.2 Å². The van der Waals surface area contributed by atoms with Crippen molar-refractivity contribution in [2.45, 2.75) is 30.7 Å². The zero-order valence-corrected chi connectivity index (χ0v) is 16.7. The van der Waals surface area contributed by atoms with Crippen molar-refractivity contribution in [2.75, 3.05) is 27.7 Å². The van der Waals surface area contributed by atoms with E-state index in [0.717, 1.165) is 11.3 Å². The number of nitrogens with zero attached hydrogens (tertiary/aromatic N) is 4. The van der Waals surface area contributed by atoms with Crippen LogP contribution >= 0.6 is 0 Å². The zero-order chi connectivity index (χ0) is 19.6. The molecule has 1 aromatic heterocycles. The van der Waals surface area contributed by atoms with Crippen LogP contribution in [0.2, 0.25) is 0 Å². The van der Waals surface area contributed by atoms with E-state index in [1.54, 1.807) is 30.1 Å². The molecule has 8 nitrogen and oxygen atoms in total. The maximum atomic E-state index is 12.3. The van der Waals surface area contributed by atoms with E-state index < -0.39 is 10.0 Å². The molecule has 26 heavy (non-hydrogen) atoms. The number of fused-ring (bicyclic) bond motifs is 1. The molecule has 0 bridgehead atoms. The molecule has 2 aromatic rings. The molecule has 1 atom stereocenters. The van der Waals surface area contributed by atoms with Crippen LogP contribution in [-0.4, -0.2) is 66.8 Å². The first-order chi connectivity index (χ1) is 12.1. The number of nitrogens with two attached hydrogens (primary N) is 1. The summed E-state index contributed by atoms with van der Waals surface area (Å²) in [6, 6.07) is 4.87. The molecule has 0 fully saturated rings. The van der Waals surface area contributed by atoms with Gasteiger partial charge in [0, 0.05) is 53.6 Å². The van der Waals surface area contributed by atoms with E-state index in [4.69, 9.17) is 5.73 Å². The lowest BCUT2D eigenvalue weighted by atomic mass is 10.2. The molecule has 2 rings (SSSR count). The number of aromatic nitrogens is 2. The minimum absolute atomic E-state index is 0.00545.